The number of sulfonamides is 1. The lowest BCUT2D eigenvalue weighted by Gasteiger charge is -2.33. The second kappa shape index (κ2) is 13.1. The molecule has 202 valence electrons. The van der Waals surface area contributed by atoms with E-state index >= 15 is 0 Å². The smallest absolute Gasteiger partial charge is 0.244 e. The molecule has 1 saturated carbocycles. The maximum absolute atomic E-state index is 13.7. The Balaban J connectivity index is 1.89. The van der Waals surface area contributed by atoms with Gasteiger partial charge in [0.15, 0.2) is 0 Å². The van der Waals surface area contributed by atoms with Crippen LogP contribution < -0.4 is 14.4 Å². The second-order valence-electron chi connectivity index (χ2n) is 9.34. The van der Waals surface area contributed by atoms with Crippen LogP contribution in [0.25, 0.3) is 0 Å². The molecule has 1 aliphatic rings. The van der Waals surface area contributed by atoms with Gasteiger partial charge in [0.2, 0.25) is 21.8 Å². The number of carbonyl (C=O) groups is 2. The summed E-state index contributed by atoms with van der Waals surface area (Å²) in [5.41, 5.74) is 1.04. The van der Waals surface area contributed by atoms with Crippen LogP contribution in [0.3, 0.4) is 0 Å². The van der Waals surface area contributed by atoms with E-state index in [0.717, 1.165) is 48.2 Å². The minimum atomic E-state index is -3.85. The van der Waals surface area contributed by atoms with Crippen LogP contribution in [-0.2, 0) is 26.2 Å². The number of ether oxygens (including phenoxy) is 1. The minimum Gasteiger partial charge on any atom is -0.492 e. The molecule has 2 amide bonds. The highest BCUT2D eigenvalue weighted by molar-refractivity contribution is 7.92. The molecule has 0 aliphatic heterocycles. The molecule has 0 aromatic heterocycles. The lowest BCUT2D eigenvalue weighted by atomic mass is 9.95. The van der Waals surface area contributed by atoms with Gasteiger partial charge in [0, 0.05) is 17.6 Å². The molecule has 1 atom stereocenters. The lowest BCUT2D eigenvalue weighted by molar-refractivity contribution is -0.139. The van der Waals surface area contributed by atoms with Gasteiger partial charge < -0.3 is 15.0 Å². The van der Waals surface area contributed by atoms with Crippen LogP contribution in [0.4, 0.5) is 5.69 Å². The van der Waals surface area contributed by atoms with Crippen LogP contribution >= 0.6 is 11.6 Å². The fourth-order valence-corrected chi connectivity index (χ4v) is 5.45. The molecule has 0 heterocycles. The van der Waals surface area contributed by atoms with Crippen molar-refractivity contribution in [1.82, 2.24) is 10.2 Å². The molecule has 3 rings (SSSR count). The van der Waals surface area contributed by atoms with Crippen LogP contribution in [0.1, 0.15) is 51.5 Å². The van der Waals surface area contributed by atoms with Crippen molar-refractivity contribution in [2.75, 3.05) is 23.7 Å². The predicted octanol–water partition coefficient (Wildman–Crippen LogP) is 4.37. The van der Waals surface area contributed by atoms with Gasteiger partial charge in [-0.3, -0.25) is 13.9 Å². The van der Waals surface area contributed by atoms with Crippen molar-refractivity contribution in [2.24, 2.45) is 0 Å². The average Bonchev–Trinajstić information content (AvgIpc) is 2.87. The summed E-state index contributed by atoms with van der Waals surface area (Å²) in [6.07, 6.45) is 6.17. The summed E-state index contributed by atoms with van der Waals surface area (Å²) in [5.74, 6) is -0.400. The zero-order valence-corrected chi connectivity index (χ0v) is 23.2. The Morgan fingerprint density at radius 1 is 1.08 bits per heavy atom. The van der Waals surface area contributed by atoms with E-state index in [-0.39, 0.29) is 24.2 Å². The van der Waals surface area contributed by atoms with Gasteiger partial charge in [0.25, 0.3) is 0 Å². The number of carbonyl (C=O) groups excluding carboxylic acids is 2. The van der Waals surface area contributed by atoms with Gasteiger partial charge in [-0.25, -0.2) is 8.42 Å². The van der Waals surface area contributed by atoms with Crippen molar-refractivity contribution < 1.29 is 22.7 Å². The molecular weight excluding hydrogens is 514 g/mol. The van der Waals surface area contributed by atoms with E-state index < -0.39 is 28.5 Å². The van der Waals surface area contributed by atoms with Gasteiger partial charge in [-0.15, -0.1) is 0 Å². The van der Waals surface area contributed by atoms with Crippen LogP contribution in [0.2, 0.25) is 5.02 Å². The summed E-state index contributed by atoms with van der Waals surface area (Å²) < 4.78 is 32.3. The minimum absolute atomic E-state index is 0.0850. The fraction of sp³-hybridized carbons (Fsp3) is 0.481. The first kappa shape index (κ1) is 28.8. The molecule has 0 spiro atoms. The van der Waals surface area contributed by atoms with Crippen LogP contribution in [0.15, 0.2) is 48.5 Å². The zero-order chi connectivity index (χ0) is 27.0. The van der Waals surface area contributed by atoms with E-state index in [1.807, 2.05) is 0 Å². The highest BCUT2D eigenvalue weighted by atomic mass is 35.5. The van der Waals surface area contributed by atoms with E-state index in [1.165, 1.54) is 4.90 Å². The molecule has 0 radical (unpaired) electrons. The van der Waals surface area contributed by atoms with Crippen LogP contribution in [0.5, 0.6) is 5.75 Å². The maximum Gasteiger partial charge on any atom is 0.244 e. The van der Waals surface area contributed by atoms with Crippen molar-refractivity contribution in [1.29, 1.82) is 0 Å². The van der Waals surface area contributed by atoms with Gasteiger partial charge in [-0.1, -0.05) is 55.1 Å². The molecule has 0 bridgehead atoms. The Hall–Kier alpha value is -2.78. The third-order valence-electron chi connectivity index (χ3n) is 6.50. The fourth-order valence-electron chi connectivity index (χ4n) is 4.47. The Bertz CT molecular complexity index is 1170. The highest BCUT2D eigenvalue weighted by Crippen LogP contribution is 2.30. The van der Waals surface area contributed by atoms with Gasteiger partial charge >= 0.3 is 0 Å². The SMILES string of the molecule is CCOc1ccccc1N(CC(=O)N(Cc1ccc(Cl)cc1)[C@H](C)C(=O)NC1CCCCC1)S(C)(=O)=O. The highest BCUT2D eigenvalue weighted by Gasteiger charge is 2.32. The summed E-state index contributed by atoms with van der Waals surface area (Å²) in [4.78, 5) is 28.4. The van der Waals surface area contributed by atoms with E-state index in [4.69, 9.17) is 16.3 Å². The Morgan fingerprint density at radius 2 is 1.73 bits per heavy atom. The number of halogens is 1. The molecule has 2 aromatic rings. The van der Waals surface area contributed by atoms with Crippen molar-refractivity contribution in [2.45, 2.75) is 64.6 Å². The van der Waals surface area contributed by atoms with Crippen molar-refractivity contribution in [3.05, 3.63) is 59.1 Å². The number of nitrogens with one attached hydrogen (secondary N) is 1. The second-order valence-corrected chi connectivity index (χ2v) is 11.7. The van der Waals surface area contributed by atoms with Crippen molar-refractivity contribution in [3.63, 3.8) is 0 Å². The first-order chi connectivity index (χ1) is 17.6. The summed E-state index contributed by atoms with van der Waals surface area (Å²) in [6, 6.07) is 13.0. The summed E-state index contributed by atoms with van der Waals surface area (Å²) in [6.45, 7) is 3.46. The monoisotopic (exact) mass is 549 g/mol. The van der Waals surface area contributed by atoms with Gasteiger partial charge in [0.1, 0.15) is 18.3 Å². The zero-order valence-electron chi connectivity index (χ0n) is 21.7. The predicted molar refractivity (Wildman–Crippen MR) is 146 cm³/mol. The van der Waals surface area contributed by atoms with Crippen molar-refractivity contribution >= 4 is 39.1 Å². The van der Waals surface area contributed by atoms with Crippen LogP contribution in [0, 0.1) is 0 Å². The first-order valence-electron chi connectivity index (χ1n) is 12.6. The Morgan fingerprint density at radius 3 is 2.35 bits per heavy atom. The largest absolute Gasteiger partial charge is 0.492 e. The molecule has 1 aliphatic carbocycles. The third-order valence-corrected chi connectivity index (χ3v) is 7.88. The molecule has 1 fully saturated rings. The quantitative estimate of drug-likeness (QED) is 0.449. The van der Waals surface area contributed by atoms with Crippen LogP contribution in [-0.4, -0.2) is 56.6 Å². The Kier molecular flexibility index (Phi) is 10.2. The summed E-state index contributed by atoms with van der Waals surface area (Å²) in [7, 11) is -3.85. The number of hydrogen-bond donors (Lipinski definition) is 1. The topological polar surface area (TPSA) is 96.0 Å². The number of para-hydroxylation sites is 2. The number of nitrogens with zero attached hydrogens (tertiary/aromatic N) is 2. The van der Waals surface area contributed by atoms with Gasteiger partial charge in [-0.2, -0.15) is 0 Å². The number of anilines is 1. The molecule has 0 saturated heterocycles. The third kappa shape index (κ3) is 8.10. The standard InChI is InChI=1S/C27H36ClN3O5S/c1-4-36-25-13-9-8-12-24(25)31(37(3,34)35)19-26(32)30(18-21-14-16-22(28)17-15-21)20(2)27(33)29-23-10-6-5-7-11-23/h8-9,12-17,20,23H,4-7,10-11,18-19H2,1-3H3,(H,29,33)/t20-/m1/s1. The summed E-state index contributed by atoms with van der Waals surface area (Å²) >= 11 is 6.03. The number of benzene rings is 2. The molecule has 10 heteroatoms. The van der Waals surface area contributed by atoms with E-state index in [0.29, 0.717) is 17.4 Å². The molecule has 8 nitrogen and oxygen atoms in total. The van der Waals surface area contributed by atoms with Gasteiger partial charge in [-0.05, 0) is 56.5 Å². The molecule has 2 aromatic carbocycles. The molecule has 0 unspecified atom stereocenters. The summed E-state index contributed by atoms with van der Waals surface area (Å²) in [5, 5.41) is 3.64. The van der Waals surface area contributed by atoms with E-state index in [1.54, 1.807) is 62.4 Å². The van der Waals surface area contributed by atoms with Crippen molar-refractivity contribution in [3.8, 4) is 5.75 Å². The number of hydrogen-bond acceptors (Lipinski definition) is 5. The lowest BCUT2D eigenvalue weighted by Crippen LogP contribution is -2.53. The first-order valence-corrected chi connectivity index (χ1v) is 14.9. The van der Waals surface area contributed by atoms with E-state index in [2.05, 4.69) is 5.32 Å². The molecule has 1 N–H and O–H groups in total. The average molecular weight is 550 g/mol. The van der Waals surface area contributed by atoms with E-state index in [9.17, 15) is 18.0 Å². The molecule has 37 heavy (non-hydrogen) atoms. The van der Waals surface area contributed by atoms with Gasteiger partial charge in [0.05, 0.1) is 18.6 Å². The number of amides is 2. The Labute approximate surface area is 225 Å². The normalized spacial score (nSPS) is 15.0. The maximum atomic E-state index is 13.7. The molecular formula is C27H36ClN3O5S. The number of rotatable bonds is 11.